The van der Waals surface area contributed by atoms with Crippen LogP contribution in [0.25, 0.3) is 9.88 Å². The molecule has 2 aromatic rings. The summed E-state index contributed by atoms with van der Waals surface area (Å²) in [5, 5.41) is 4.36. The van der Waals surface area contributed by atoms with Gasteiger partial charge in [-0.2, -0.15) is 0 Å². The predicted octanol–water partition coefficient (Wildman–Crippen LogP) is 4.65. The Morgan fingerprint density at radius 1 is 1.28 bits per heavy atom. The third kappa shape index (κ3) is 3.02. The molecule has 18 heavy (non-hydrogen) atoms. The summed E-state index contributed by atoms with van der Waals surface area (Å²) in [6.45, 7) is 7.54. The van der Waals surface area contributed by atoms with Crippen molar-refractivity contribution in [2.45, 2.75) is 32.7 Å². The summed E-state index contributed by atoms with van der Waals surface area (Å²) in [6.07, 6.45) is 0. The molecule has 0 aliphatic heterocycles. The maximum atomic E-state index is 4.85. The van der Waals surface area contributed by atoms with Gasteiger partial charge in [-0.1, -0.05) is 20.8 Å². The highest BCUT2D eigenvalue weighted by molar-refractivity contribution is 9.11. The fourth-order valence-corrected chi connectivity index (χ4v) is 4.48. The number of thiophene rings is 1. The molecule has 1 N–H and O–H groups in total. The normalized spacial score (nSPS) is 12.1. The molecule has 0 radical (unpaired) electrons. The van der Waals surface area contributed by atoms with Crippen molar-refractivity contribution in [3.63, 3.8) is 0 Å². The van der Waals surface area contributed by atoms with E-state index >= 15 is 0 Å². The Labute approximate surface area is 125 Å². The van der Waals surface area contributed by atoms with Crippen LogP contribution in [0.5, 0.6) is 0 Å². The second-order valence-corrected chi connectivity index (χ2v) is 8.72. The molecule has 98 valence electrons. The molecule has 0 amide bonds. The number of halogens is 1. The van der Waals surface area contributed by atoms with E-state index in [0.717, 1.165) is 15.3 Å². The van der Waals surface area contributed by atoms with E-state index in [1.165, 1.54) is 15.4 Å². The number of hydrogen-bond donors (Lipinski definition) is 1. The van der Waals surface area contributed by atoms with E-state index in [4.69, 9.17) is 4.98 Å². The maximum absolute atomic E-state index is 4.85. The zero-order chi connectivity index (χ0) is 13.3. The van der Waals surface area contributed by atoms with Crippen LogP contribution in [-0.2, 0) is 12.0 Å². The minimum atomic E-state index is 0.0927. The minimum Gasteiger partial charge on any atom is -0.315 e. The number of aromatic nitrogens is 1. The van der Waals surface area contributed by atoms with E-state index in [1.807, 2.05) is 7.05 Å². The van der Waals surface area contributed by atoms with Gasteiger partial charge in [-0.25, -0.2) is 4.98 Å². The van der Waals surface area contributed by atoms with Crippen molar-refractivity contribution in [3.8, 4) is 9.88 Å². The molecule has 0 spiro atoms. The first kappa shape index (κ1) is 14.2. The molecule has 0 atom stereocenters. The molecule has 2 heterocycles. The van der Waals surface area contributed by atoms with Gasteiger partial charge in [-0.05, 0) is 35.1 Å². The molecular formula is C13H17BrN2S2. The van der Waals surface area contributed by atoms with E-state index in [9.17, 15) is 0 Å². The van der Waals surface area contributed by atoms with E-state index < -0.39 is 0 Å². The Hall–Kier alpha value is -0.230. The van der Waals surface area contributed by atoms with Crippen molar-refractivity contribution in [2.24, 2.45) is 0 Å². The first-order valence-corrected chi connectivity index (χ1v) is 8.25. The highest BCUT2D eigenvalue weighted by atomic mass is 79.9. The Morgan fingerprint density at radius 2 is 2.00 bits per heavy atom. The average Bonchev–Trinajstić information content (AvgIpc) is 2.84. The lowest BCUT2D eigenvalue weighted by atomic mass is 9.91. The summed E-state index contributed by atoms with van der Waals surface area (Å²) in [5.41, 5.74) is 1.30. The molecule has 2 nitrogen and oxygen atoms in total. The smallest absolute Gasteiger partial charge is 0.134 e. The highest BCUT2D eigenvalue weighted by Gasteiger charge is 2.23. The van der Waals surface area contributed by atoms with E-state index in [-0.39, 0.29) is 5.41 Å². The monoisotopic (exact) mass is 344 g/mol. The van der Waals surface area contributed by atoms with Gasteiger partial charge in [-0.3, -0.25) is 0 Å². The van der Waals surface area contributed by atoms with Crippen molar-refractivity contribution < 1.29 is 0 Å². The van der Waals surface area contributed by atoms with Gasteiger partial charge in [-0.15, -0.1) is 22.7 Å². The van der Waals surface area contributed by atoms with E-state index in [2.05, 4.69) is 54.2 Å². The number of thiazole rings is 1. The van der Waals surface area contributed by atoms with Gasteiger partial charge in [0.15, 0.2) is 0 Å². The summed E-state index contributed by atoms with van der Waals surface area (Å²) >= 11 is 7.04. The van der Waals surface area contributed by atoms with Gasteiger partial charge in [0.1, 0.15) is 5.01 Å². The zero-order valence-electron chi connectivity index (χ0n) is 11.0. The molecule has 2 aromatic heterocycles. The molecule has 0 saturated heterocycles. The van der Waals surface area contributed by atoms with Crippen molar-refractivity contribution in [1.82, 2.24) is 10.3 Å². The van der Waals surface area contributed by atoms with Gasteiger partial charge in [0.25, 0.3) is 0 Å². The van der Waals surface area contributed by atoms with Crippen molar-refractivity contribution in [2.75, 3.05) is 7.05 Å². The summed E-state index contributed by atoms with van der Waals surface area (Å²) in [5.74, 6) is 0. The molecule has 0 unspecified atom stereocenters. The number of rotatable bonds is 3. The van der Waals surface area contributed by atoms with Gasteiger partial charge in [0, 0.05) is 16.8 Å². The Morgan fingerprint density at radius 3 is 2.50 bits per heavy atom. The zero-order valence-corrected chi connectivity index (χ0v) is 14.2. The van der Waals surface area contributed by atoms with Gasteiger partial charge < -0.3 is 5.32 Å². The molecule has 0 aromatic carbocycles. The third-order valence-electron chi connectivity index (χ3n) is 2.53. The van der Waals surface area contributed by atoms with E-state index in [1.54, 1.807) is 22.7 Å². The lowest BCUT2D eigenvalue weighted by molar-refractivity contribution is 0.564. The highest BCUT2D eigenvalue weighted by Crippen LogP contribution is 2.38. The molecule has 5 heteroatoms. The topological polar surface area (TPSA) is 24.9 Å². The first-order chi connectivity index (χ1) is 8.41. The lowest BCUT2D eigenvalue weighted by Gasteiger charge is -2.17. The SMILES string of the molecule is CNCc1sc(-c2ccc(Br)s2)nc1C(C)(C)C. The predicted molar refractivity (Wildman–Crippen MR) is 84.6 cm³/mol. The lowest BCUT2D eigenvalue weighted by Crippen LogP contribution is -2.16. The second-order valence-electron chi connectivity index (χ2n) is 5.17. The molecule has 0 saturated carbocycles. The van der Waals surface area contributed by atoms with Crippen LogP contribution in [0.3, 0.4) is 0 Å². The van der Waals surface area contributed by atoms with Crippen LogP contribution in [0.2, 0.25) is 0 Å². The van der Waals surface area contributed by atoms with Crippen molar-refractivity contribution in [3.05, 3.63) is 26.5 Å². The number of hydrogen-bond acceptors (Lipinski definition) is 4. The fraction of sp³-hybridized carbons (Fsp3) is 0.462. The van der Waals surface area contributed by atoms with Crippen LogP contribution in [0.15, 0.2) is 15.9 Å². The van der Waals surface area contributed by atoms with Crippen LogP contribution in [-0.4, -0.2) is 12.0 Å². The summed E-state index contributed by atoms with van der Waals surface area (Å²) in [4.78, 5) is 7.43. The Bertz CT molecular complexity index is 537. The molecular weight excluding hydrogens is 328 g/mol. The van der Waals surface area contributed by atoms with Crippen LogP contribution in [0.4, 0.5) is 0 Å². The van der Waals surface area contributed by atoms with Crippen LogP contribution in [0, 0.1) is 0 Å². The summed E-state index contributed by atoms with van der Waals surface area (Å²) < 4.78 is 1.15. The standard InChI is InChI=1S/C13H17BrN2S2/c1-13(2,3)11-9(7-15-4)18-12(16-11)8-5-6-10(14)17-8/h5-6,15H,7H2,1-4H3. The third-order valence-corrected chi connectivity index (χ3v) is 5.38. The van der Waals surface area contributed by atoms with Crippen LogP contribution in [0.1, 0.15) is 31.3 Å². The minimum absolute atomic E-state index is 0.0927. The average molecular weight is 345 g/mol. The first-order valence-electron chi connectivity index (χ1n) is 5.82. The van der Waals surface area contributed by atoms with Crippen LogP contribution < -0.4 is 5.32 Å². The quantitative estimate of drug-likeness (QED) is 0.876. The van der Waals surface area contributed by atoms with Crippen molar-refractivity contribution >= 4 is 38.6 Å². The summed E-state index contributed by atoms with van der Waals surface area (Å²) in [7, 11) is 1.98. The number of nitrogens with zero attached hydrogens (tertiary/aromatic N) is 1. The number of nitrogens with one attached hydrogen (secondary N) is 1. The molecule has 0 aliphatic carbocycles. The molecule has 0 aliphatic rings. The van der Waals surface area contributed by atoms with Gasteiger partial charge in [0.2, 0.25) is 0 Å². The Kier molecular flexibility index (Phi) is 4.26. The second kappa shape index (κ2) is 5.41. The molecule has 0 fully saturated rings. The molecule has 2 rings (SSSR count). The van der Waals surface area contributed by atoms with E-state index in [0.29, 0.717) is 0 Å². The van der Waals surface area contributed by atoms with Gasteiger partial charge in [0.05, 0.1) is 14.4 Å². The van der Waals surface area contributed by atoms with Crippen LogP contribution >= 0.6 is 38.6 Å². The van der Waals surface area contributed by atoms with Gasteiger partial charge >= 0.3 is 0 Å². The van der Waals surface area contributed by atoms with Crippen molar-refractivity contribution in [1.29, 1.82) is 0 Å². The molecule has 0 bridgehead atoms. The Balaban J connectivity index is 2.45. The summed E-state index contributed by atoms with van der Waals surface area (Å²) in [6, 6.07) is 4.21. The maximum Gasteiger partial charge on any atom is 0.134 e. The largest absolute Gasteiger partial charge is 0.315 e. The fourth-order valence-electron chi connectivity index (χ4n) is 1.75.